The van der Waals surface area contributed by atoms with Gasteiger partial charge >= 0.3 is 0 Å². The summed E-state index contributed by atoms with van der Waals surface area (Å²) < 4.78 is 5.15. The first-order chi connectivity index (χ1) is 6.38. The van der Waals surface area contributed by atoms with Crippen LogP contribution >= 0.6 is 0 Å². The zero-order valence-corrected chi connectivity index (χ0v) is 7.60. The van der Waals surface area contributed by atoms with Gasteiger partial charge in [0.1, 0.15) is 5.71 Å². The van der Waals surface area contributed by atoms with E-state index in [0.29, 0.717) is 18.9 Å². The molecular weight excluding hydrogens is 166 g/mol. The molecule has 0 saturated carbocycles. The first kappa shape index (κ1) is 9.74. The summed E-state index contributed by atoms with van der Waals surface area (Å²) in [5.41, 5.74) is 1.45. The second kappa shape index (κ2) is 5.32. The number of ether oxygens (including phenoxy) is 1. The predicted molar refractivity (Wildman–Crippen MR) is 51.3 cm³/mol. The average Bonchev–Trinajstić information content (AvgIpc) is 2.21. The van der Waals surface area contributed by atoms with Gasteiger partial charge in [0.15, 0.2) is 0 Å². The van der Waals surface area contributed by atoms with Crippen LogP contribution in [0.3, 0.4) is 0 Å². The van der Waals surface area contributed by atoms with Crippen LogP contribution in [-0.2, 0) is 4.74 Å². The van der Waals surface area contributed by atoms with Gasteiger partial charge in [0.2, 0.25) is 0 Å². The van der Waals surface area contributed by atoms with E-state index in [1.165, 1.54) is 0 Å². The highest BCUT2D eigenvalue weighted by Gasteiger charge is 2.02. The van der Waals surface area contributed by atoms with Crippen molar-refractivity contribution in [3.05, 3.63) is 35.9 Å². The van der Waals surface area contributed by atoms with Crippen LogP contribution in [0.5, 0.6) is 0 Å². The minimum atomic E-state index is 0.344. The van der Waals surface area contributed by atoms with E-state index in [2.05, 4.69) is 5.16 Å². The molecule has 0 heterocycles. The second-order valence-corrected chi connectivity index (χ2v) is 2.55. The maximum Gasteiger partial charge on any atom is 0.112 e. The first-order valence-corrected chi connectivity index (χ1v) is 4.22. The molecule has 0 aliphatic rings. The molecule has 0 spiro atoms. The van der Waals surface area contributed by atoms with Crippen LogP contribution in [0.25, 0.3) is 0 Å². The minimum Gasteiger partial charge on any atom is -0.411 e. The van der Waals surface area contributed by atoms with E-state index in [1.54, 1.807) is 0 Å². The highest BCUT2D eigenvalue weighted by Crippen LogP contribution is 2.01. The van der Waals surface area contributed by atoms with Crippen LogP contribution in [0.4, 0.5) is 0 Å². The van der Waals surface area contributed by atoms with Crippen LogP contribution < -0.4 is 0 Å². The van der Waals surface area contributed by atoms with Crippen molar-refractivity contribution in [1.82, 2.24) is 0 Å². The van der Waals surface area contributed by atoms with Crippen molar-refractivity contribution in [3.63, 3.8) is 0 Å². The van der Waals surface area contributed by atoms with Gasteiger partial charge in [-0.25, -0.2) is 0 Å². The minimum absolute atomic E-state index is 0.344. The van der Waals surface area contributed by atoms with Crippen LogP contribution in [-0.4, -0.2) is 24.1 Å². The van der Waals surface area contributed by atoms with E-state index < -0.39 is 0 Å². The lowest BCUT2D eigenvalue weighted by molar-refractivity contribution is 0.184. The summed E-state index contributed by atoms with van der Waals surface area (Å²) in [4.78, 5) is 0. The SMILES string of the molecule is CCOC/C(=N/O)c1ccccc1. The third-order valence-corrected chi connectivity index (χ3v) is 1.67. The van der Waals surface area contributed by atoms with Crippen molar-refractivity contribution in [2.24, 2.45) is 5.16 Å². The first-order valence-electron chi connectivity index (χ1n) is 4.22. The Morgan fingerprint density at radius 3 is 2.62 bits per heavy atom. The quantitative estimate of drug-likeness (QED) is 0.435. The summed E-state index contributed by atoms with van der Waals surface area (Å²) in [6.45, 7) is 2.86. The topological polar surface area (TPSA) is 41.8 Å². The maximum atomic E-state index is 8.71. The molecule has 0 amide bonds. The monoisotopic (exact) mass is 179 g/mol. The molecule has 3 heteroatoms. The molecule has 1 aromatic carbocycles. The lowest BCUT2D eigenvalue weighted by Crippen LogP contribution is -2.10. The van der Waals surface area contributed by atoms with Crippen molar-refractivity contribution in [1.29, 1.82) is 0 Å². The zero-order valence-electron chi connectivity index (χ0n) is 7.60. The van der Waals surface area contributed by atoms with Crippen LogP contribution in [0.2, 0.25) is 0 Å². The number of hydrogen-bond acceptors (Lipinski definition) is 3. The molecule has 0 saturated heterocycles. The molecule has 1 aromatic rings. The van der Waals surface area contributed by atoms with Gasteiger partial charge < -0.3 is 9.94 Å². The van der Waals surface area contributed by atoms with Gasteiger partial charge in [0, 0.05) is 12.2 Å². The van der Waals surface area contributed by atoms with Gasteiger partial charge in [-0.05, 0) is 6.92 Å². The maximum absolute atomic E-state index is 8.71. The molecule has 13 heavy (non-hydrogen) atoms. The van der Waals surface area contributed by atoms with Crippen LogP contribution in [0.15, 0.2) is 35.5 Å². The molecule has 1 rings (SSSR count). The van der Waals surface area contributed by atoms with E-state index in [-0.39, 0.29) is 0 Å². The van der Waals surface area contributed by atoms with Gasteiger partial charge in [-0.1, -0.05) is 35.5 Å². The van der Waals surface area contributed by atoms with E-state index in [9.17, 15) is 0 Å². The standard InChI is InChI=1S/C10H13NO2/c1-2-13-8-10(11-12)9-6-4-3-5-7-9/h3-7,12H,2,8H2,1H3/b11-10-. The summed E-state index contributed by atoms with van der Waals surface area (Å²) in [5.74, 6) is 0. The van der Waals surface area contributed by atoms with Crippen molar-refractivity contribution in [3.8, 4) is 0 Å². The lowest BCUT2D eigenvalue weighted by Gasteiger charge is -2.03. The molecule has 70 valence electrons. The Morgan fingerprint density at radius 2 is 2.08 bits per heavy atom. The summed E-state index contributed by atoms with van der Waals surface area (Å²) in [5, 5.41) is 11.9. The molecule has 0 bridgehead atoms. The molecule has 0 aliphatic carbocycles. The molecule has 3 nitrogen and oxygen atoms in total. The Labute approximate surface area is 77.6 Å². The fourth-order valence-corrected chi connectivity index (χ4v) is 0.999. The highest BCUT2D eigenvalue weighted by atomic mass is 16.5. The van der Waals surface area contributed by atoms with Crippen LogP contribution in [0, 0.1) is 0 Å². The lowest BCUT2D eigenvalue weighted by atomic mass is 10.1. The van der Waals surface area contributed by atoms with E-state index in [4.69, 9.17) is 9.94 Å². The van der Waals surface area contributed by atoms with Crippen molar-refractivity contribution in [2.45, 2.75) is 6.92 Å². The van der Waals surface area contributed by atoms with Crippen molar-refractivity contribution < 1.29 is 9.94 Å². The third-order valence-electron chi connectivity index (χ3n) is 1.67. The molecule has 0 unspecified atom stereocenters. The number of nitrogens with zero attached hydrogens (tertiary/aromatic N) is 1. The van der Waals surface area contributed by atoms with E-state index in [0.717, 1.165) is 5.56 Å². The van der Waals surface area contributed by atoms with Gasteiger partial charge in [-0.3, -0.25) is 0 Å². The Hall–Kier alpha value is -1.35. The number of rotatable bonds is 4. The van der Waals surface area contributed by atoms with Crippen molar-refractivity contribution in [2.75, 3.05) is 13.2 Å². The zero-order chi connectivity index (χ0) is 9.52. The number of benzene rings is 1. The fourth-order valence-electron chi connectivity index (χ4n) is 0.999. The Kier molecular flexibility index (Phi) is 3.99. The summed E-state index contributed by atoms with van der Waals surface area (Å²) in [6.07, 6.45) is 0. The summed E-state index contributed by atoms with van der Waals surface area (Å²) in [6, 6.07) is 9.47. The molecule has 0 aliphatic heterocycles. The average molecular weight is 179 g/mol. The highest BCUT2D eigenvalue weighted by molar-refractivity contribution is 6.01. The fraction of sp³-hybridized carbons (Fsp3) is 0.300. The van der Waals surface area contributed by atoms with Gasteiger partial charge in [0.05, 0.1) is 6.61 Å². The van der Waals surface area contributed by atoms with Gasteiger partial charge in [-0.2, -0.15) is 0 Å². The molecular formula is C10H13NO2. The van der Waals surface area contributed by atoms with Crippen LogP contribution in [0.1, 0.15) is 12.5 Å². The summed E-state index contributed by atoms with van der Waals surface area (Å²) in [7, 11) is 0. The third kappa shape index (κ3) is 2.87. The number of oxime groups is 1. The van der Waals surface area contributed by atoms with Crippen molar-refractivity contribution >= 4 is 5.71 Å². The van der Waals surface area contributed by atoms with E-state index in [1.807, 2.05) is 37.3 Å². The Balaban J connectivity index is 2.69. The Bertz CT molecular complexity index is 270. The number of hydrogen-bond donors (Lipinski definition) is 1. The molecule has 1 N–H and O–H groups in total. The summed E-state index contributed by atoms with van der Waals surface area (Å²) >= 11 is 0. The van der Waals surface area contributed by atoms with Gasteiger partial charge in [-0.15, -0.1) is 0 Å². The smallest absolute Gasteiger partial charge is 0.112 e. The molecule has 0 radical (unpaired) electrons. The second-order valence-electron chi connectivity index (χ2n) is 2.55. The van der Waals surface area contributed by atoms with Gasteiger partial charge in [0.25, 0.3) is 0 Å². The molecule has 0 aromatic heterocycles. The molecule has 0 atom stereocenters. The normalized spacial score (nSPS) is 11.6. The molecule has 0 fully saturated rings. The Morgan fingerprint density at radius 1 is 1.38 bits per heavy atom. The van der Waals surface area contributed by atoms with E-state index >= 15 is 0 Å². The predicted octanol–water partition coefficient (Wildman–Crippen LogP) is 1.90. The largest absolute Gasteiger partial charge is 0.411 e.